The minimum Gasteiger partial charge on any atom is -0.493 e. The molecule has 0 saturated carbocycles. The number of hydrogen-bond acceptors (Lipinski definition) is 6. The second kappa shape index (κ2) is 10.6. The average molecular weight is 409 g/mol. The number of hydrogen-bond donors (Lipinski definition) is 1. The normalized spacial score (nSPS) is 10.8. The summed E-state index contributed by atoms with van der Waals surface area (Å²) in [5.41, 5.74) is 3.47. The van der Waals surface area contributed by atoms with E-state index in [2.05, 4.69) is 4.98 Å². The van der Waals surface area contributed by atoms with Crippen molar-refractivity contribution < 1.29 is 23.8 Å². The lowest BCUT2D eigenvalue weighted by atomic mass is 10.0. The van der Waals surface area contributed by atoms with E-state index < -0.39 is 0 Å². The molecule has 0 aliphatic carbocycles. The summed E-state index contributed by atoms with van der Waals surface area (Å²) < 4.78 is 16.6. The van der Waals surface area contributed by atoms with Crippen molar-refractivity contribution in [3.63, 3.8) is 0 Å². The number of esters is 1. The van der Waals surface area contributed by atoms with Crippen molar-refractivity contribution in [3.8, 4) is 17.2 Å². The van der Waals surface area contributed by atoms with Crippen molar-refractivity contribution in [2.45, 2.75) is 39.7 Å². The summed E-state index contributed by atoms with van der Waals surface area (Å²) in [6, 6.07) is 15.3. The van der Waals surface area contributed by atoms with Gasteiger partial charge < -0.3 is 19.0 Å². The number of carbonyl (C=O) groups is 1. The Labute approximate surface area is 176 Å². The molecule has 0 bridgehead atoms. The minimum absolute atomic E-state index is 0.113. The third-order valence-corrected chi connectivity index (χ3v) is 4.77. The molecule has 158 valence electrons. The summed E-state index contributed by atoms with van der Waals surface area (Å²) in [4.78, 5) is 16.1. The molecule has 0 saturated heterocycles. The monoisotopic (exact) mass is 409 g/mol. The first-order valence-electron chi connectivity index (χ1n) is 10.1. The zero-order valence-corrected chi connectivity index (χ0v) is 17.4. The van der Waals surface area contributed by atoms with Gasteiger partial charge >= 0.3 is 5.97 Å². The maximum atomic E-state index is 11.6. The first-order valence-corrected chi connectivity index (χ1v) is 10.1. The lowest BCUT2D eigenvalue weighted by Gasteiger charge is -2.11. The number of aromatic nitrogens is 1. The molecular formula is C24H27NO5. The second-order valence-corrected chi connectivity index (χ2v) is 6.88. The van der Waals surface area contributed by atoms with Crippen LogP contribution in [-0.2, 0) is 29.0 Å². The van der Waals surface area contributed by atoms with Crippen molar-refractivity contribution >= 4 is 5.97 Å². The highest BCUT2D eigenvalue weighted by Crippen LogP contribution is 2.23. The number of carbonyl (C=O) groups excluding carboxylic acids is 1. The fourth-order valence-electron chi connectivity index (χ4n) is 3.18. The lowest BCUT2D eigenvalue weighted by Crippen LogP contribution is -2.07. The van der Waals surface area contributed by atoms with Crippen LogP contribution in [-0.4, -0.2) is 29.3 Å². The van der Waals surface area contributed by atoms with Crippen LogP contribution >= 0.6 is 0 Å². The van der Waals surface area contributed by atoms with Gasteiger partial charge in [0.25, 0.3) is 0 Å². The van der Waals surface area contributed by atoms with Gasteiger partial charge in [-0.05, 0) is 55.7 Å². The quantitative estimate of drug-likeness (QED) is 0.504. The summed E-state index contributed by atoms with van der Waals surface area (Å²) in [6.45, 7) is 4.38. The van der Waals surface area contributed by atoms with Gasteiger partial charge in [0.2, 0.25) is 5.89 Å². The summed E-state index contributed by atoms with van der Waals surface area (Å²) in [5.74, 6) is 1.82. The van der Waals surface area contributed by atoms with Gasteiger partial charge in [-0.2, -0.15) is 0 Å². The number of aliphatic hydroxyl groups is 1. The molecule has 0 radical (unpaired) electrons. The lowest BCUT2D eigenvalue weighted by molar-refractivity contribution is -0.143. The van der Waals surface area contributed by atoms with Crippen molar-refractivity contribution in [1.82, 2.24) is 4.98 Å². The molecule has 0 atom stereocenters. The first kappa shape index (κ1) is 21.6. The van der Waals surface area contributed by atoms with Gasteiger partial charge in [0.1, 0.15) is 11.5 Å². The van der Waals surface area contributed by atoms with Gasteiger partial charge in [-0.25, -0.2) is 4.98 Å². The molecule has 0 spiro atoms. The molecule has 0 unspecified atom stereocenters. The van der Waals surface area contributed by atoms with E-state index in [1.165, 1.54) is 0 Å². The zero-order chi connectivity index (χ0) is 21.3. The predicted molar refractivity (Wildman–Crippen MR) is 113 cm³/mol. The Hall–Kier alpha value is -3.12. The molecule has 0 amide bonds. The van der Waals surface area contributed by atoms with E-state index in [1.807, 2.05) is 55.5 Å². The van der Waals surface area contributed by atoms with E-state index in [-0.39, 0.29) is 19.0 Å². The van der Waals surface area contributed by atoms with Crippen molar-refractivity contribution in [3.05, 3.63) is 71.1 Å². The van der Waals surface area contributed by atoms with Gasteiger partial charge in [0.15, 0.2) is 0 Å². The SMILES string of the molecule is CCOC(=O)CCc1ccc(OCCc2nc(-c3ccccc3)oc2C)cc1CO. The molecule has 1 heterocycles. The van der Waals surface area contributed by atoms with E-state index in [0.717, 1.165) is 28.1 Å². The summed E-state index contributed by atoms with van der Waals surface area (Å²) >= 11 is 0. The third kappa shape index (κ3) is 5.70. The molecule has 0 fully saturated rings. The van der Waals surface area contributed by atoms with Crippen LogP contribution < -0.4 is 4.74 Å². The van der Waals surface area contributed by atoms with Crippen LogP contribution in [0.4, 0.5) is 0 Å². The highest BCUT2D eigenvalue weighted by atomic mass is 16.5. The topological polar surface area (TPSA) is 81.8 Å². The smallest absolute Gasteiger partial charge is 0.306 e. The zero-order valence-electron chi connectivity index (χ0n) is 17.4. The number of ether oxygens (including phenoxy) is 2. The predicted octanol–water partition coefficient (Wildman–Crippen LogP) is 4.26. The highest BCUT2D eigenvalue weighted by molar-refractivity contribution is 5.69. The largest absolute Gasteiger partial charge is 0.493 e. The third-order valence-electron chi connectivity index (χ3n) is 4.77. The van der Waals surface area contributed by atoms with Crippen molar-refractivity contribution in [1.29, 1.82) is 0 Å². The van der Waals surface area contributed by atoms with Crippen molar-refractivity contribution in [2.75, 3.05) is 13.2 Å². The van der Waals surface area contributed by atoms with Gasteiger partial charge in [0, 0.05) is 18.4 Å². The fourth-order valence-corrected chi connectivity index (χ4v) is 3.18. The highest BCUT2D eigenvalue weighted by Gasteiger charge is 2.12. The molecule has 6 heteroatoms. The van der Waals surface area contributed by atoms with Crippen molar-refractivity contribution in [2.24, 2.45) is 0 Å². The molecule has 3 rings (SSSR count). The molecule has 0 aliphatic rings. The van der Waals surface area contributed by atoms with Gasteiger partial charge in [0.05, 0.1) is 25.5 Å². The summed E-state index contributed by atoms with van der Waals surface area (Å²) in [7, 11) is 0. The number of oxazole rings is 1. The molecule has 0 aliphatic heterocycles. The molecule has 6 nitrogen and oxygen atoms in total. The molecule has 3 aromatic rings. The van der Waals surface area contributed by atoms with E-state index in [4.69, 9.17) is 13.9 Å². The van der Waals surface area contributed by atoms with Crippen LogP contribution in [0.3, 0.4) is 0 Å². The Morgan fingerprint density at radius 1 is 1.10 bits per heavy atom. The average Bonchev–Trinajstić information content (AvgIpc) is 3.14. The molecule has 1 aromatic heterocycles. The number of benzene rings is 2. The Kier molecular flexibility index (Phi) is 7.63. The molecule has 2 aromatic carbocycles. The van der Waals surface area contributed by atoms with Crippen LogP contribution in [0.15, 0.2) is 52.9 Å². The summed E-state index contributed by atoms with van der Waals surface area (Å²) in [5, 5.41) is 9.67. The van der Waals surface area contributed by atoms with Crippen LogP contribution in [0.25, 0.3) is 11.5 Å². The Balaban J connectivity index is 1.57. The number of aliphatic hydroxyl groups excluding tert-OH is 1. The van der Waals surface area contributed by atoms with Gasteiger partial charge in [-0.15, -0.1) is 0 Å². The van der Waals surface area contributed by atoms with Gasteiger partial charge in [-0.1, -0.05) is 24.3 Å². The molecule has 30 heavy (non-hydrogen) atoms. The first-order chi connectivity index (χ1) is 14.6. The summed E-state index contributed by atoms with van der Waals surface area (Å²) in [6.07, 6.45) is 1.42. The maximum Gasteiger partial charge on any atom is 0.306 e. The molecular weight excluding hydrogens is 382 g/mol. The molecule has 1 N–H and O–H groups in total. The van der Waals surface area contributed by atoms with E-state index in [9.17, 15) is 9.90 Å². The van der Waals surface area contributed by atoms with Crippen LogP contribution in [0.5, 0.6) is 5.75 Å². The van der Waals surface area contributed by atoms with Crippen LogP contribution in [0.2, 0.25) is 0 Å². The fraction of sp³-hybridized carbons (Fsp3) is 0.333. The van der Waals surface area contributed by atoms with E-state index >= 15 is 0 Å². The Morgan fingerprint density at radius 3 is 2.63 bits per heavy atom. The van der Waals surface area contributed by atoms with Crippen LogP contribution in [0.1, 0.15) is 35.9 Å². The van der Waals surface area contributed by atoms with E-state index in [0.29, 0.717) is 37.7 Å². The van der Waals surface area contributed by atoms with Crippen LogP contribution in [0, 0.1) is 6.92 Å². The standard InChI is InChI=1S/C24H27NO5/c1-3-28-23(27)12-10-18-9-11-21(15-20(18)16-26)29-14-13-22-17(2)30-24(25-22)19-7-5-4-6-8-19/h4-9,11,15,26H,3,10,12-14,16H2,1-2H3. The minimum atomic E-state index is -0.237. The van der Waals surface area contributed by atoms with Gasteiger partial charge in [-0.3, -0.25) is 4.79 Å². The second-order valence-electron chi connectivity index (χ2n) is 6.88. The number of aryl methyl sites for hydroxylation is 2. The number of rotatable bonds is 10. The Bertz CT molecular complexity index is 965. The van der Waals surface area contributed by atoms with E-state index in [1.54, 1.807) is 6.92 Å². The number of nitrogens with zero attached hydrogens (tertiary/aromatic N) is 1. The Morgan fingerprint density at radius 2 is 1.90 bits per heavy atom. The maximum absolute atomic E-state index is 11.6.